The van der Waals surface area contributed by atoms with E-state index in [1.54, 1.807) is 42.5 Å². The van der Waals surface area contributed by atoms with Gasteiger partial charge in [0, 0.05) is 16.1 Å². The van der Waals surface area contributed by atoms with Gasteiger partial charge in [-0.15, -0.1) is 0 Å². The Balaban J connectivity index is 1.72. The minimum atomic E-state index is -2.01. The summed E-state index contributed by atoms with van der Waals surface area (Å²) in [5, 5.41) is 12.1. The van der Waals surface area contributed by atoms with Crippen molar-refractivity contribution < 1.29 is 14.7 Å². The SMILES string of the molecule is Cc1ccc(CN2C(=O)C(O)(CC(=O)c3ccccc3Cl)c3cc(Cl)ccc32)cc1. The first-order valence-electron chi connectivity index (χ1n) is 9.47. The van der Waals surface area contributed by atoms with Gasteiger partial charge in [-0.2, -0.15) is 0 Å². The second-order valence-corrected chi connectivity index (χ2v) is 8.32. The van der Waals surface area contributed by atoms with Gasteiger partial charge >= 0.3 is 0 Å². The normalized spacial score (nSPS) is 17.9. The van der Waals surface area contributed by atoms with Gasteiger partial charge in [0.05, 0.1) is 23.7 Å². The first-order chi connectivity index (χ1) is 14.3. The summed E-state index contributed by atoms with van der Waals surface area (Å²) < 4.78 is 0. The van der Waals surface area contributed by atoms with Gasteiger partial charge in [-0.1, -0.05) is 65.2 Å². The van der Waals surface area contributed by atoms with Crippen LogP contribution in [-0.4, -0.2) is 16.8 Å². The summed E-state index contributed by atoms with van der Waals surface area (Å²) in [7, 11) is 0. The lowest BCUT2D eigenvalue weighted by molar-refractivity contribution is -0.136. The molecule has 0 fully saturated rings. The minimum absolute atomic E-state index is 0.265. The summed E-state index contributed by atoms with van der Waals surface area (Å²) in [5.74, 6) is -0.972. The van der Waals surface area contributed by atoms with Crippen LogP contribution < -0.4 is 4.90 Å². The number of hydrogen-bond acceptors (Lipinski definition) is 3. The molecule has 1 atom stereocenters. The maximum atomic E-state index is 13.4. The highest BCUT2D eigenvalue weighted by Crippen LogP contribution is 2.45. The maximum Gasteiger partial charge on any atom is 0.264 e. The predicted molar refractivity (Wildman–Crippen MR) is 118 cm³/mol. The van der Waals surface area contributed by atoms with Crippen LogP contribution in [0.2, 0.25) is 10.0 Å². The van der Waals surface area contributed by atoms with Gasteiger partial charge < -0.3 is 10.0 Å². The number of aryl methyl sites for hydroxylation is 1. The molecule has 4 rings (SSSR count). The highest BCUT2D eigenvalue weighted by atomic mass is 35.5. The molecule has 3 aromatic rings. The lowest BCUT2D eigenvalue weighted by Gasteiger charge is -2.23. The lowest BCUT2D eigenvalue weighted by atomic mass is 9.88. The molecule has 1 unspecified atom stereocenters. The number of benzene rings is 3. The first-order valence-corrected chi connectivity index (χ1v) is 10.2. The molecule has 152 valence electrons. The third-order valence-electron chi connectivity index (χ3n) is 5.35. The fourth-order valence-corrected chi connectivity index (χ4v) is 4.15. The Bertz CT molecular complexity index is 1140. The molecule has 0 aromatic heterocycles. The van der Waals surface area contributed by atoms with Gasteiger partial charge in [-0.05, 0) is 42.8 Å². The molecule has 30 heavy (non-hydrogen) atoms. The molecule has 6 heteroatoms. The van der Waals surface area contributed by atoms with E-state index in [-0.39, 0.29) is 17.1 Å². The average Bonchev–Trinajstić information content (AvgIpc) is 2.91. The number of aliphatic hydroxyl groups is 1. The zero-order valence-electron chi connectivity index (χ0n) is 16.2. The van der Waals surface area contributed by atoms with Crippen molar-refractivity contribution in [3.05, 3.63) is 99.0 Å². The number of fused-ring (bicyclic) bond motifs is 1. The van der Waals surface area contributed by atoms with E-state index in [4.69, 9.17) is 23.2 Å². The minimum Gasteiger partial charge on any atom is -0.375 e. The number of anilines is 1. The Labute approximate surface area is 184 Å². The zero-order chi connectivity index (χ0) is 21.5. The zero-order valence-corrected chi connectivity index (χ0v) is 17.7. The smallest absolute Gasteiger partial charge is 0.264 e. The molecule has 1 aliphatic heterocycles. The van der Waals surface area contributed by atoms with Crippen LogP contribution in [0, 0.1) is 6.92 Å². The van der Waals surface area contributed by atoms with Crippen molar-refractivity contribution in [3.63, 3.8) is 0 Å². The number of hydrogen-bond donors (Lipinski definition) is 1. The second kappa shape index (κ2) is 7.88. The number of amides is 1. The van der Waals surface area contributed by atoms with Crippen LogP contribution in [0.15, 0.2) is 66.7 Å². The Kier molecular flexibility index (Phi) is 5.41. The second-order valence-electron chi connectivity index (χ2n) is 7.48. The standard InChI is InChI=1S/C24H19Cl2NO3/c1-15-6-8-16(9-7-15)14-27-21-11-10-17(25)12-19(21)24(30,23(27)29)13-22(28)18-4-2-3-5-20(18)26/h2-12,30H,13-14H2,1H3. The van der Waals surface area contributed by atoms with Gasteiger partial charge in [0.15, 0.2) is 11.4 Å². The molecule has 0 saturated heterocycles. The number of carbonyl (C=O) groups excluding carboxylic acids is 2. The number of rotatable bonds is 5. The Morgan fingerprint density at radius 2 is 1.73 bits per heavy atom. The maximum absolute atomic E-state index is 13.4. The van der Waals surface area contributed by atoms with E-state index in [0.717, 1.165) is 11.1 Å². The Morgan fingerprint density at radius 3 is 2.43 bits per heavy atom. The van der Waals surface area contributed by atoms with Crippen LogP contribution in [0.1, 0.15) is 33.5 Å². The van der Waals surface area contributed by atoms with Gasteiger partial charge in [-0.3, -0.25) is 9.59 Å². The average molecular weight is 440 g/mol. The number of carbonyl (C=O) groups is 2. The first kappa shape index (κ1) is 20.6. The summed E-state index contributed by atoms with van der Waals surface area (Å²) in [6.07, 6.45) is -0.423. The molecule has 1 heterocycles. The van der Waals surface area contributed by atoms with E-state index >= 15 is 0 Å². The quantitative estimate of drug-likeness (QED) is 0.548. The van der Waals surface area contributed by atoms with Crippen molar-refractivity contribution in [2.45, 2.75) is 25.5 Å². The summed E-state index contributed by atoms with van der Waals surface area (Å²) in [4.78, 5) is 27.8. The van der Waals surface area contributed by atoms with Crippen molar-refractivity contribution in [1.82, 2.24) is 0 Å². The molecule has 1 N–H and O–H groups in total. The fourth-order valence-electron chi connectivity index (χ4n) is 3.74. The van der Waals surface area contributed by atoms with Crippen LogP contribution in [0.3, 0.4) is 0 Å². The summed E-state index contributed by atoms with van der Waals surface area (Å²) in [5.41, 5.74) is 1.14. The van der Waals surface area contributed by atoms with Gasteiger partial charge in [0.2, 0.25) is 0 Å². The third-order valence-corrected chi connectivity index (χ3v) is 5.91. The summed E-state index contributed by atoms with van der Waals surface area (Å²) in [6, 6.07) is 19.3. The van der Waals surface area contributed by atoms with Crippen molar-refractivity contribution in [2.24, 2.45) is 0 Å². The van der Waals surface area contributed by atoms with Gasteiger partial charge in [0.25, 0.3) is 5.91 Å². The van der Waals surface area contributed by atoms with E-state index in [0.29, 0.717) is 16.3 Å². The number of Topliss-reactive ketones (excluding diaryl/α,β-unsaturated/α-hetero) is 1. The summed E-state index contributed by atoms with van der Waals surface area (Å²) in [6.45, 7) is 2.26. The number of nitrogens with zero attached hydrogens (tertiary/aromatic N) is 1. The molecule has 4 nitrogen and oxygen atoms in total. The van der Waals surface area contributed by atoms with Crippen molar-refractivity contribution >= 4 is 40.6 Å². The monoisotopic (exact) mass is 439 g/mol. The van der Waals surface area contributed by atoms with Crippen LogP contribution in [0.5, 0.6) is 0 Å². The molecule has 1 amide bonds. The van der Waals surface area contributed by atoms with Crippen LogP contribution in [0.4, 0.5) is 5.69 Å². The fraction of sp³-hybridized carbons (Fsp3) is 0.167. The number of ketones is 1. The molecule has 0 aliphatic carbocycles. The Hall–Kier alpha value is -2.66. The number of halogens is 2. The van der Waals surface area contributed by atoms with E-state index in [1.807, 2.05) is 31.2 Å². The van der Waals surface area contributed by atoms with E-state index < -0.39 is 23.7 Å². The van der Waals surface area contributed by atoms with Crippen molar-refractivity contribution in [1.29, 1.82) is 0 Å². The largest absolute Gasteiger partial charge is 0.375 e. The van der Waals surface area contributed by atoms with E-state index in [9.17, 15) is 14.7 Å². The molecule has 1 aliphatic rings. The van der Waals surface area contributed by atoms with Crippen LogP contribution in [0.25, 0.3) is 0 Å². The molecule has 0 bridgehead atoms. The Morgan fingerprint density at radius 1 is 1.03 bits per heavy atom. The molecular weight excluding hydrogens is 421 g/mol. The van der Waals surface area contributed by atoms with E-state index in [2.05, 4.69) is 0 Å². The van der Waals surface area contributed by atoms with Crippen molar-refractivity contribution in [3.8, 4) is 0 Å². The predicted octanol–water partition coefficient (Wildman–Crippen LogP) is 5.31. The molecular formula is C24H19Cl2NO3. The molecule has 3 aromatic carbocycles. The third kappa shape index (κ3) is 3.63. The molecule has 0 radical (unpaired) electrons. The summed E-state index contributed by atoms with van der Waals surface area (Å²) >= 11 is 12.3. The topological polar surface area (TPSA) is 57.6 Å². The van der Waals surface area contributed by atoms with Crippen LogP contribution in [-0.2, 0) is 16.9 Å². The molecule has 0 saturated carbocycles. The van der Waals surface area contributed by atoms with Crippen LogP contribution >= 0.6 is 23.2 Å². The highest BCUT2D eigenvalue weighted by molar-refractivity contribution is 6.34. The van der Waals surface area contributed by atoms with Crippen molar-refractivity contribution in [2.75, 3.05) is 4.90 Å². The molecule has 0 spiro atoms. The van der Waals surface area contributed by atoms with E-state index in [1.165, 1.54) is 4.90 Å². The van der Waals surface area contributed by atoms with Gasteiger partial charge in [0.1, 0.15) is 0 Å². The highest BCUT2D eigenvalue weighted by Gasteiger charge is 2.51. The lowest BCUT2D eigenvalue weighted by Crippen LogP contribution is -2.41. The van der Waals surface area contributed by atoms with Gasteiger partial charge in [-0.25, -0.2) is 0 Å².